The third-order valence-electron chi connectivity index (χ3n) is 2.88. The summed E-state index contributed by atoms with van der Waals surface area (Å²) in [6.45, 7) is 9.53. The third-order valence-corrected chi connectivity index (χ3v) is 2.88. The number of rotatable bonds is 10. The summed E-state index contributed by atoms with van der Waals surface area (Å²) in [5.41, 5.74) is 0.409. The largest absolute Gasteiger partial charge is 0.490 e. The van der Waals surface area contributed by atoms with Crippen LogP contribution in [0.2, 0.25) is 0 Å². The topological polar surface area (TPSA) is 54.0 Å². The predicted octanol–water partition coefficient (Wildman–Crippen LogP) is 3.84. The Hall–Kier alpha value is -1.91. The molecule has 0 amide bonds. The lowest BCUT2D eigenvalue weighted by Crippen LogP contribution is -2.09. The molecule has 0 aliphatic rings. The number of hydrogen-bond acceptors (Lipinski definition) is 5. The monoisotopic (exact) mass is 310 g/mol. The summed E-state index contributed by atoms with van der Waals surface area (Å²) < 4.78 is 22.0. The van der Waals surface area contributed by atoms with Gasteiger partial charge in [-0.25, -0.2) is 4.79 Å². The molecule has 1 aromatic carbocycles. The van der Waals surface area contributed by atoms with Crippen molar-refractivity contribution >= 4 is 5.97 Å². The van der Waals surface area contributed by atoms with Gasteiger partial charge in [-0.2, -0.15) is 0 Å². The summed E-state index contributed by atoms with van der Waals surface area (Å²) in [6, 6.07) is 3.29. The summed E-state index contributed by atoms with van der Waals surface area (Å²) in [4.78, 5) is 12.1. The van der Waals surface area contributed by atoms with E-state index in [0.29, 0.717) is 49.2 Å². The number of carbonyl (C=O) groups is 1. The summed E-state index contributed by atoms with van der Waals surface area (Å²) in [6.07, 6.45) is 1.82. The van der Waals surface area contributed by atoms with Crippen molar-refractivity contribution in [3.05, 3.63) is 17.7 Å². The van der Waals surface area contributed by atoms with Crippen LogP contribution in [0.25, 0.3) is 0 Å². The van der Waals surface area contributed by atoms with E-state index in [9.17, 15) is 4.79 Å². The second kappa shape index (κ2) is 9.92. The van der Waals surface area contributed by atoms with E-state index in [1.54, 1.807) is 12.1 Å². The molecule has 0 heterocycles. The number of ether oxygens (including phenoxy) is 4. The Bertz CT molecular complexity index is 443. The Balaban J connectivity index is 3.09. The Morgan fingerprint density at radius 2 is 1.45 bits per heavy atom. The Morgan fingerprint density at radius 3 is 1.91 bits per heavy atom. The first-order valence-corrected chi connectivity index (χ1v) is 7.91. The Morgan fingerprint density at radius 1 is 0.909 bits per heavy atom. The van der Waals surface area contributed by atoms with Gasteiger partial charge in [-0.1, -0.05) is 13.3 Å². The molecule has 0 N–H and O–H groups in total. The molecule has 1 aromatic rings. The maximum Gasteiger partial charge on any atom is 0.338 e. The van der Waals surface area contributed by atoms with E-state index in [-0.39, 0.29) is 5.97 Å². The van der Waals surface area contributed by atoms with E-state index in [1.165, 1.54) is 0 Å². The second-order valence-corrected chi connectivity index (χ2v) is 4.59. The van der Waals surface area contributed by atoms with Gasteiger partial charge >= 0.3 is 5.97 Å². The molecule has 5 nitrogen and oxygen atoms in total. The zero-order valence-electron chi connectivity index (χ0n) is 13.9. The lowest BCUT2D eigenvalue weighted by atomic mass is 10.2. The molecule has 0 spiro atoms. The van der Waals surface area contributed by atoms with Crippen molar-refractivity contribution in [3.8, 4) is 17.2 Å². The highest BCUT2D eigenvalue weighted by molar-refractivity contribution is 5.91. The minimum atomic E-state index is -0.376. The fourth-order valence-electron chi connectivity index (χ4n) is 1.90. The highest BCUT2D eigenvalue weighted by Gasteiger charge is 2.19. The highest BCUT2D eigenvalue weighted by atomic mass is 16.5. The molecular formula is C17H26O5. The molecule has 0 radical (unpaired) electrons. The number of esters is 1. The highest BCUT2D eigenvalue weighted by Crippen LogP contribution is 2.39. The Kier molecular flexibility index (Phi) is 8.18. The van der Waals surface area contributed by atoms with E-state index in [0.717, 1.165) is 12.8 Å². The van der Waals surface area contributed by atoms with Gasteiger partial charge < -0.3 is 18.9 Å². The molecule has 22 heavy (non-hydrogen) atoms. The number of hydrogen-bond donors (Lipinski definition) is 0. The Labute approximate surface area is 132 Å². The van der Waals surface area contributed by atoms with Crippen molar-refractivity contribution < 1.29 is 23.7 Å². The first-order chi connectivity index (χ1) is 10.7. The molecule has 0 saturated carbocycles. The van der Waals surface area contributed by atoms with Gasteiger partial charge in [-0.05, 0) is 39.3 Å². The van der Waals surface area contributed by atoms with Crippen LogP contribution in [-0.2, 0) is 4.74 Å². The zero-order valence-corrected chi connectivity index (χ0v) is 13.9. The summed E-state index contributed by atoms with van der Waals surface area (Å²) in [7, 11) is 0. The van der Waals surface area contributed by atoms with Gasteiger partial charge in [0.05, 0.1) is 32.0 Å². The van der Waals surface area contributed by atoms with E-state index in [4.69, 9.17) is 18.9 Å². The smallest absolute Gasteiger partial charge is 0.338 e. The van der Waals surface area contributed by atoms with Gasteiger partial charge in [0.25, 0.3) is 0 Å². The minimum absolute atomic E-state index is 0.376. The molecule has 124 valence electrons. The molecule has 1 rings (SSSR count). The zero-order chi connectivity index (χ0) is 16.4. The van der Waals surface area contributed by atoms with Crippen LogP contribution in [0.5, 0.6) is 17.2 Å². The minimum Gasteiger partial charge on any atom is -0.490 e. The summed E-state index contributed by atoms with van der Waals surface area (Å²) in [5.74, 6) is 1.14. The van der Waals surface area contributed by atoms with E-state index in [1.807, 2.05) is 27.7 Å². The first-order valence-electron chi connectivity index (χ1n) is 7.91. The molecule has 0 aromatic heterocycles. The van der Waals surface area contributed by atoms with Crippen molar-refractivity contribution in [2.45, 2.75) is 40.5 Å². The lowest BCUT2D eigenvalue weighted by Gasteiger charge is -2.16. The maximum absolute atomic E-state index is 12.1. The van der Waals surface area contributed by atoms with Crippen LogP contribution in [0, 0.1) is 0 Å². The molecule has 0 bridgehead atoms. The van der Waals surface area contributed by atoms with Gasteiger partial charge in [0.2, 0.25) is 5.75 Å². The second-order valence-electron chi connectivity index (χ2n) is 4.59. The van der Waals surface area contributed by atoms with Gasteiger partial charge in [0, 0.05) is 0 Å². The number of benzene rings is 1. The molecule has 5 heteroatoms. The quantitative estimate of drug-likeness (QED) is 0.485. The SMILES string of the molecule is CCCCOC(=O)c1cc(OCC)c(OCC)c(OCC)c1. The average Bonchev–Trinajstić information content (AvgIpc) is 2.50. The number of unbranched alkanes of at least 4 members (excludes halogenated alkanes) is 1. The van der Waals surface area contributed by atoms with Crippen molar-refractivity contribution in [2.24, 2.45) is 0 Å². The van der Waals surface area contributed by atoms with Crippen LogP contribution in [0.3, 0.4) is 0 Å². The van der Waals surface area contributed by atoms with Gasteiger partial charge in [-0.3, -0.25) is 0 Å². The molecular weight excluding hydrogens is 284 g/mol. The van der Waals surface area contributed by atoms with Crippen molar-refractivity contribution in [2.75, 3.05) is 26.4 Å². The molecule has 0 aliphatic carbocycles. The van der Waals surface area contributed by atoms with Crippen molar-refractivity contribution in [3.63, 3.8) is 0 Å². The van der Waals surface area contributed by atoms with Crippen molar-refractivity contribution in [1.29, 1.82) is 0 Å². The molecule has 0 fully saturated rings. The molecule has 0 aliphatic heterocycles. The fraction of sp³-hybridized carbons (Fsp3) is 0.588. The predicted molar refractivity (Wildman–Crippen MR) is 85.1 cm³/mol. The van der Waals surface area contributed by atoms with E-state index in [2.05, 4.69) is 0 Å². The average molecular weight is 310 g/mol. The fourth-order valence-corrected chi connectivity index (χ4v) is 1.90. The molecule has 0 atom stereocenters. The van der Waals surface area contributed by atoms with Gasteiger partial charge in [0.15, 0.2) is 11.5 Å². The van der Waals surface area contributed by atoms with E-state index >= 15 is 0 Å². The molecule has 0 unspecified atom stereocenters. The van der Waals surface area contributed by atoms with Crippen LogP contribution >= 0.6 is 0 Å². The summed E-state index contributed by atoms with van der Waals surface area (Å²) >= 11 is 0. The van der Waals surface area contributed by atoms with Crippen molar-refractivity contribution in [1.82, 2.24) is 0 Å². The van der Waals surface area contributed by atoms with Crippen LogP contribution in [0.15, 0.2) is 12.1 Å². The molecule has 0 saturated heterocycles. The van der Waals surface area contributed by atoms with Gasteiger partial charge in [-0.15, -0.1) is 0 Å². The van der Waals surface area contributed by atoms with Crippen LogP contribution in [0.1, 0.15) is 50.9 Å². The van der Waals surface area contributed by atoms with Crippen LogP contribution in [0.4, 0.5) is 0 Å². The van der Waals surface area contributed by atoms with Crippen LogP contribution < -0.4 is 14.2 Å². The maximum atomic E-state index is 12.1. The lowest BCUT2D eigenvalue weighted by molar-refractivity contribution is 0.0498. The normalized spacial score (nSPS) is 10.2. The summed E-state index contributed by atoms with van der Waals surface area (Å²) in [5, 5.41) is 0. The number of carbonyl (C=O) groups excluding carboxylic acids is 1. The van der Waals surface area contributed by atoms with Gasteiger partial charge in [0.1, 0.15) is 0 Å². The standard InChI is InChI=1S/C17H26O5/c1-5-9-10-22-17(18)13-11-14(19-6-2)16(21-8-4)15(12-13)20-7-3/h11-12H,5-10H2,1-4H3. The third kappa shape index (κ3) is 5.13. The first kappa shape index (κ1) is 18.1. The van der Waals surface area contributed by atoms with E-state index < -0.39 is 0 Å². The van der Waals surface area contributed by atoms with Crippen LogP contribution in [-0.4, -0.2) is 32.4 Å².